The molecular weight excluding hydrogens is 583 g/mol. The van der Waals surface area contributed by atoms with Crippen LogP contribution in [-0.2, 0) is 17.8 Å². The van der Waals surface area contributed by atoms with E-state index >= 15 is 0 Å². The Balaban J connectivity index is 1.27. The number of carboxylic acid groups (broad SMARTS) is 2. The molecule has 0 spiro atoms. The molecule has 44 heavy (non-hydrogen) atoms. The Hall–Kier alpha value is -4.74. The Morgan fingerprint density at radius 3 is 2.20 bits per heavy atom. The van der Waals surface area contributed by atoms with Gasteiger partial charge in [0.05, 0.1) is 23.7 Å². The molecule has 1 aliphatic rings. The molecule has 0 bridgehead atoms. The Morgan fingerprint density at radius 2 is 1.55 bits per heavy atom. The first-order chi connectivity index (χ1) is 21.0. The normalized spacial score (nSPS) is 16.5. The van der Waals surface area contributed by atoms with E-state index in [1.807, 2.05) is 12.1 Å². The Bertz CT molecular complexity index is 1440. The molecule has 0 heterocycles. The van der Waals surface area contributed by atoms with E-state index in [2.05, 4.69) is 10.1 Å². The highest BCUT2D eigenvalue weighted by Gasteiger charge is 2.31. The molecule has 3 aromatic rings. The van der Waals surface area contributed by atoms with Gasteiger partial charge in [-0.25, -0.2) is 4.79 Å². The molecule has 2 atom stereocenters. The molecule has 0 radical (unpaired) electrons. The lowest BCUT2D eigenvalue weighted by molar-refractivity contribution is -0.274. The molecule has 0 saturated heterocycles. The van der Waals surface area contributed by atoms with E-state index in [0.717, 1.165) is 5.56 Å². The summed E-state index contributed by atoms with van der Waals surface area (Å²) in [6.07, 6.45) is -1.32. The van der Waals surface area contributed by atoms with E-state index in [9.17, 15) is 37.8 Å². The van der Waals surface area contributed by atoms with Gasteiger partial charge >= 0.3 is 18.3 Å². The fourth-order valence-corrected chi connectivity index (χ4v) is 4.94. The van der Waals surface area contributed by atoms with E-state index in [-0.39, 0.29) is 41.9 Å². The predicted octanol–water partition coefficient (Wildman–Crippen LogP) is 6.25. The van der Waals surface area contributed by atoms with Crippen LogP contribution < -0.4 is 19.5 Å². The summed E-state index contributed by atoms with van der Waals surface area (Å²) < 4.78 is 52.3. The van der Waals surface area contributed by atoms with E-state index in [1.165, 1.54) is 42.5 Å². The molecule has 9 nitrogen and oxygen atoms in total. The molecule has 3 aromatic carbocycles. The lowest BCUT2D eigenvalue weighted by Crippen LogP contribution is -2.40. The van der Waals surface area contributed by atoms with Gasteiger partial charge in [-0.2, -0.15) is 0 Å². The molecular formula is C32H32F3NO8. The molecule has 4 rings (SSSR count). The number of hydrogen-bond donors (Lipinski definition) is 3. The van der Waals surface area contributed by atoms with E-state index in [1.54, 1.807) is 12.1 Å². The lowest BCUT2D eigenvalue weighted by atomic mass is 9.85. The molecule has 1 saturated carbocycles. The number of aliphatic carboxylic acids is 1. The molecule has 0 aliphatic heterocycles. The van der Waals surface area contributed by atoms with Crippen LogP contribution in [0.3, 0.4) is 0 Å². The highest BCUT2D eigenvalue weighted by atomic mass is 19.4. The van der Waals surface area contributed by atoms with Crippen molar-refractivity contribution in [2.24, 2.45) is 5.92 Å². The van der Waals surface area contributed by atoms with E-state index in [4.69, 9.17) is 9.47 Å². The topological polar surface area (TPSA) is 131 Å². The summed E-state index contributed by atoms with van der Waals surface area (Å²) in [5.41, 5.74) is 1.68. The largest absolute Gasteiger partial charge is 0.573 e. The molecule has 2 unspecified atom stereocenters. The summed E-state index contributed by atoms with van der Waals surface area (Å²) in [5.74, 6) is -2.60. The van der Waals surface area contributed by atoms with Crippen molar-refractivity contribution in [3.63, 3.8) is 0 Å². The van der Waals surface area contributed by atoms with Crippen molar-refractivity contribution in [1.29, 1.82) is 0 Å². The first-order valence-corrected chi connectivity index (χ1v) is 14.1. The van der Waals surface area contributed by atoms with Gasteiger partial charge in [-0.05, 0) is 85.7 Å². The molecule has 12 heteroatoms. The number of nitrogens with one attached hydrogen (secondary N) is 1. The van der Waals surface area contributed by atoms with Gasteiger partial charge < -0.3 is 29.7 Å². The van der Waals surface area contributed by atoms with Gasteiger partial charge in [-0.3, -0.25) is 9.59 Å². The molecule has 234 valence electrons. The zero-order valence-corrected chi connectivity index (χ0v) is 23.6. The number of hydrogen-bond acceptors (Lipinski definition) is 6. The Labute approximate surface area is 251 Å². The minimum Gasteiger partial charge on any atom is -0.493 e. The summed E-state index contributed by atoms with van der Waals surface area (Å²) in [5, 5.41) is 21.6. The molecule has 1 fully saturated rings. The molecule has 3 N–H and O–H groups in total. The van der Waals surface area contributed by atoms with E-state index in [0.29, 0.717) is 49.8 Å². The van der Waals surface area contributed by atoms with Crippen LogP contribution in [0.5, 0.6) is 17.2 Å². The lowest BCUT2D eigenvalue weighted by Gasteiger charge is -2.27. The van der Waals surface area contributed by atoms with Gasteiger partial charge in [0.15, 0.2) is 0 Å². The second-order valence-corrected chi connectivity index (χ2v) is 10.5. The van der Waals surface area contributed by atoms with Gasteiger partial charge in [0, 0.05) is 6.04 Å². The van der Waals surface area contributed by atoms with Crippen LogP contribution in [0.15, 0.2) is 66.7 Å². The van der Waals surface area contributed by atoms with Crippen molar-refractivity contribution in [3.8, 4) is 17.2 Å². The second-order valence-electron chi connectivity index (χ2n) is 10.5. The van der Waals surface area contributed by atoms with Crippen molar-refractivity contribution in [2.45, 2.75) is 57.5 Å². The number of rotatable bonds is 13. The maximum atomic E-state index is 13.1. The third-order valence-corrected chi connectivity index (χ3v) is 7.18. The van der Waals surface area contributed by atoms with Crippen LogP contribution in [0.2, 0.25) is 0 Å². The van der Waals surface area contributed by atoms with Crippen LogP contribution in [0, 0.1) is 5.92 Å². The number of carbonyl (C=O) groups excluding carboxylic acids is 1. The van der Waals surface area contributed by atoms with Gasteiger partial charge in [0.1, 0.15) is 23.9 Å². The quantitative estimate of drug-likeness (QED) is 0.193. The van der Waals surface area contributed by atoms with Crippen LogP contribution in [0.4, 0.5) is 13.2 Å². The predicted molar refractivity (Wildman–Crippen MR) is 152 cm³/mol. The number of alkyl halides is 3. The average molecular weight is 616 g/mol. The van der Waals surface area contributed by atoms with Crippen LogP contribution in [0.1, 0.15) is 63.9 Å². The third kappa shape index (κ3) is 9.65. The van der Waals surface area contributed by atoms with E-state index < -0.39 is 30.1 Å². The zero-order chi connectivity index (χ0) is 31.7. The summed E-state index contributed by atoms with van der Waals surface area (Å²) in [4.78, 5) is 36.0. The minimum absolute atomic E-state index is 0.0654. The zero-order valence-electron chi connectivity index (χ0n) is 23.6. The number of aryl methyl sites for hydroxylation is 1. The SMILES string of the molecule is O=C(O)c1ccc(OCCCc2ccc(OCc3ccc(OC(F)(F)F)cc3)cc2)c(C(=O)NC2CCCC(C(=O)O)C2)c1. The number of ether oxygens (including phenoxy) is 3. The number of carbonyl (C=O) groups is 3. The van der Waals surface area contributed by atoms with Crippen molar-refractivity contribution < 1.29 is 52.0 Å². The van der Waals surface area contributed by atoms with Crippen molar-refractivity contribution in [1.82, 2.24) is 5.32 Å². The van der Waals surface area contributed by atoms with Crippen molar-refractivity contribution in [3.05, 3.63) is 89.0 Å². The molecule has 1 aliphatic carbocycles. The highest BCUT2D eigenvalue weighted by Crippen LogP contribution is 2.27. The average Bonchev–Trinajstić information content (AvgIpc) is 2.99. The van der Waals surface area contributed by atoms with Gasteiger partial charge in [-0.1, -0.05) is 30.7 Å². The Morgan fingerprint density at radius 1 is 0.864 bits per heavy atom. The van der Waals surface area contributed by atoms with Gasteiger partial charge in [-0.15, -0.1) is 13.2 Å². The maximum absolute atomic E-state index is 13.1. The third-order valence-electron chi connectivity index (χ3n) is 7.18. The fourth-order valence-electron chi connectivity index (χ4n) is 4.94. The number of amides is 1. The maximum Gasteiger partial charge on any atom is 0.573 e. The van der Waals surface area contributed by atoms with Gasteiger partial charge in [0.25, 0.3) is 5.91 Å². The summed E-state index contributed by atoms with van der Waals surface area (Å²) in [6, 6.07) is 16.5. The smallest absolute Gasteiger partial charge is 0.493 e. The number of carboxylic acids is 2. The standard InChI is InChI=1S/C32H32F3NO8/c33-32(34,35)44-26-13-8-21(9-14-26)19-43-25-11-6-20(7-12-25)3-2-16-42-28-15-10-23(31(40)41)18-27(28)29(37)36-24-5-1-4-22(17-24)30(38)39/h6-15,18,22,24H,1-5,16-17,19H2,(H,36,37)(H,38,39)(H,40,41). The minimum atomic E-state index is -4.75. The Kier molecular flexibility index (Phi) is 10.7. The molecule has 0 aromatic heterocycles. The summed E-state index contributed by atoms with van der Waals surface area (Å²) in [7, 11) is 0. The molecule has 1 amide bonds. The number of aromatic carboxylic acids is 1. The summed E-state index contributed by atoms with van der Waals surface area (Å²) in [6.45, 7) is 0.417. The number of benzene rings is 3. The van der Waals surface area contributed by atoms with Crippen LogP contribution in [-0.4, -0.2) is 47.1 Å². The van der Waals surface area contributed by atoms with Crippen LogP contribution >= 0.6 is 0 Å². The van der Waals surface area contributed by atoms with Crippen LogP contribution in [0.25, 0.3) is 0 Å². The fraction of sp³-hybridized carbons (Fsp3) is 0.344. The number of halogens is 3. The second kappa shape index (κ2) is 14.6. The van der Waals surface area contributed by atoms with Crippen molar-refractivity contribution in [2.75, 3.05) is 6.61 Å². The highest BCUT2D eigenvalue weighted by molar-refractivity contribution is 6.00. The first-order valence-electron chi connectivity index (χ1n) is 14.1. The van der Waals surface area contributed by atoms with Gasteiger partial charge in [0.2, 0.25) is 0 Å². The summed E-state index contributed by atoms with van der Waals surface area (Å²) >= 11 is 0. The monoisotopic (exact) mass is 615 g/mol. The van der Waals surface area contributed by atoms with Crippen molar-refractivity contribution >= 4 is 17.8 Å². The first kappa shape index (κ1) is 32.2.